The normalized spacial score (nSPS) is 14.5. The van der Waals surface area contributed by atoms with Crippen LogP contribution in [0.2, 0.25) is 5.02 Å². The second kappa shape index (κ2) is 8.46. The Hall–Kier alpha value is -2.82. The molecule has 0 saturated carbocycles. The molecule has 3 aromatic rings. The number of benzene rings is 2. The van der Waals surface area contributed by atoms with Crippen molar-refractivity contribution >= 4 is 29.1 Å². The molecule has 142 valence electrons. The number of nitrogens with zero attached hydrogens (tertiary/aromatic N) is 1. The zero-order valence-electron chi connectivity index (χ0n) is 15.3. The number of halogens is 1. The third-order valence-electron chi connectivity index (χ3n) is 4.67. The molecule has 2 heterocycles. The molecular weight excluding hydrogens is 374 g/mol. The highest BCUT2D eigenvalue weighted by atomic mass is 35.5. The second-order valence-electron chi connectivity index (χ2n) is 6.53. The fourth-order valence-corrected chi connectivity index (χ4v) is 3.41. The van der Waals surface area contributed by atoms with Gasteiger partial charge in [0.05, 0.1) is 18.2 Å². The summed E-state index contributed by atoms with van der Waals surface area (Å²) in [6.45, 7) is 3.10. The van der Waals surface area contributed by atoms with Crippen molar-refractivity contribution in [1.82, 2.24) is 0 Å². The fraction of sp³-hybridized carbons (Fsp3) is 0.174. The highest BCUT2D eigenvalue weighted by Gasteiger charge is 2.13. The highest BCUT2D eigenvalue weighted by Crippen LogP contribution is 2.29. The summed E-state index contributed by atoms with van der Waals surface area (Å²) in [4.78, 5) is 14.8. The van der Waals surface area contributed by atoms with E-state index in [9.17, 15) is 4.79 Å². The van der Waals surface area contributed by atoms with Crippen molar-refractivity contribution in [2.75, 3.05) is 31.2 Å². The summed E-state index contributed by atoms with van der Waals surface area (Å²) in [5.74, 6) is 1.21. The molecule has 0 radical (unpaired) electrons. The second-order valence-corrected chi connectivity index (χ2v) is 6.94. The van der Waals surface area contributed by atoms with E-state index in [1.807, 2.05) is 60.7 Å². The molecule has 4 rings (SSSR count). The first-order chi connectivity index (χ1) is 13.7. The SMILES string of the molecule is O=C(/C=C\c1ccc(-c2ccccc2Cl)o1)c1cccc(N2CCOCC2)c1. The van der Waals surface area contributed by atoms with Crippen molar-refractivity contribution in [3.8, 4) is 11.3 Å². The first-order valence-electron chi connectivity index (χ1n) is 9.20. The highest BCUT2D eigenvalue weighted by molar-refractivity contribution is 6.33. The van der Waals surface area contributed by atoms with Crippen molar-refractivity contribution in [2.24, 2.45) is 0 Å². The van der Waals surface area contributed by atoms with Gasteiger partial charge in [0.2, 0.25) is 0 Å². The maximum Gasteiger partial charge on any atom is 0.186 e. The van der Waals surface area contributed by atoms with E-state index >= 15 is 0 Å². The van der Waals surface area contributed by atoms with E-state index < -0.39 is 0 Å². The lowest BCUT2D eigenvalue weighted by atomic mass is 10.1. The molecule has 0 unspecified atom stereocenters. The van der Waals surface area contributed by atoms with Gasteiger partial charge in [0.25, 0.3) is 0 Å². The minimum absolute atomic E-state index is 0.0641. The molecule has 0 aliphatic carbocycles. The average Bonchev–Trinajstić information content (AvgIpc) is 3.22. The van der Waals surface area contributed by atoms with Crippen LogP contribution in [0, 0.1) is 0 Å². The van der Waals surface area contributed by atoms with Crippen LogP contribution in [0.3, 0.4) is 0 Å². The number of hydrogen-bond donors (Lipinski definition) is 0. The minimum atomic E-state index is -0.0641. The number of rotatable bonds is 5. The summed E-state index contributed by atoms with van der Waals surface area (Å²) < 4.78 is 11.2. The van der Waals surface area contributed by atoms with Gasteiger partial charge in [0.1, 0.15) is 11.5 Å². The number of morpholine rings is 1. The van der Waals surface area contributed by atoms with Gasteiger partial charge in [-0.15, -0.1) is 0 Å². The van der Waals surface area contributed by atoms with Crippen LogP contribution in [0.5, 0.6) is 0 Å². The maximum absolute atomic E-state index is 12.6. The maximum atomic E-state index is 12.6. The quantitative estimate of drug-likeness (QED) is 0.434. The predicted molar refractivity (Wildman–Crippen MR) is 112 cm³/mol. The molecule has 28 heavy (non-hydrogen) atoms. The summed E-state index contributed by atoms with van der Waals surface area (Å²) in [5.41, 5.74) is 2.52. The molecule has 1 aliphatic heterocycles. The number of allylic oxidation sites excluding steroid dienone is 1. The zero-order valence-corrected chi connectivity index (χ0v) is 16.1. The lowest BCUT2D eigenvalue weighted by Gasteiger charge is -2.29. The summed E-state index contributed by atoms with van der Waals surface area (Å²) in [6, 6.07) is 18.9. The van der Waals surface area contributed by atoms with Crippen LogP contribution in [0.4, 0.5) is 5.69 Å². The first-order valence-corrected chi connectivity index (χ1v) is 9.58. The lowest BCUT2D eigenvalue weighted by molar-refractivity contribution is 0.104. The van der Waals surface area contributed by atoms with Crippen LogP contribution < -0.4 is 4.90 Å². The van der Waals surface area contributed by atoms with E-state index in [4.69, 9.17) is 20.8 Å². The van der Waals surface area contributed by atoms with Crippen molar-refractivity contribution in [3.05, 3.63) is 83.1 Å². The van der Waals surface area contributed by atoms with E-state index in [0.29, 0.717) is 35.3 Å². The van der Waals surface area contributed by atoms with Gasteiger partial charge in [-0.05, 0) is 48.6 Å². The Balaban J connectivity index is 1.48. The number of hydrogen-bond acceptors (Lipinski definition) is 4. The van der Waals surface area contributed by atoms with E-state index in [0.717, 1.165) is 24.3 Å². The molecule has 5 heteroatoms. The van der Waals surface area contributed by atoms with Gasteiger partial charge in [-0.25, -0.2) is 0 Å². The number of carbonyl (C=O) groups is 1. The number of ether oxygens (including phenoxy) is 1. The molecule has 1 fully saturated rings. The Labute approximate surface area is 169 Å². The van der Waals surface area contributed by atoms with Crippen molar-refractivity contribution in [2.45, 2.75) is 0 Å². The third kappa shape index (κ3) is 4.19. The Kier molecular flexibility index (Phi) is 5.60. The summed E-state index contributed by atoms with van der Waals surface area (Å²) in [7, 11) is 0. The van der Waals surface area contributed by atoms with Crippen LogP contribution >= 0.6 is 11.6 Å². The average molecular weight is 394 g/mol. The number of anilines is 1. The van der Waals surface area contributed by atoms with Gasteiger partial charge >= 0.3 is 0 Å². The predicted octanol–water partition coefficient (Wildman–Crippen LogP) is 5.33. The fourth-order valence-electron chi connectivity index (χ4n) is 3.18. The molecule has 0 N–H and O–H groups in total. The summed E-state index contributed by atoms with van der Waals surface area (Å²) in [5, 5.41) is 0.628. The number of ketones is 1. The summed E-state index contributed by atoms with van der Waals surface area (Å²) >= 11 is 6.21. The molecule has 0 atom stereocenters. The van der Waals surface area contributed by atoms with Gasteiger partial charge in [-0.2, -0.15) is 0 Å². The monoisotopic (exact) mass is 393 g/mol. The van der Waals surface area contributed by atoms with E-state index in [-0.39, 0.29) is 5.78 Å². The molecule has 1 aliphatic rings. The van der Waals surface area contributed by atoms with Crippen LogP contribution in [0.15, 0.2) is 71.2 Å². The van der Waals surface area contributed by atoms with Crippen LogP contribution in [0.1, 0.15) is 16.1 Å². The van der Waals surface area contributed by atoms with Gasteiger partial charge in [-0.1, -0.05) is 35.9 Å². The van der Waals surface area contributed by atoms with E-state index in [1.165, 1.54) is 6.08 Å². The van der Waals surface area contributed by atoms with Gasteiger partial charge in [0, 0.05) is 29.9 Å². The third-order valence-corrected chi connectivity index (χ3v) is 5.00. The van der Waals surface area contributed by atoms with Crippen LogP contribution in [0.25, 0.3) is 17.4 Å². The molecule has 0 amide bonds. The lowest BCUT2D eigenvalue weighted by Crippen LogP contribution is -2.36. The molecule has 0 bridgehead atoms. The molecule has 2 aromatic carbocycles. The van der Waals surface area contributed by atoms with Crippen molar-refractivity contribution < 1.29 is 13.9 Å². The van der Waals surface area contributed by atoms with Crippen molar-refractivity contribution in [3.63, 3.8) is 0 Å². The van der Waals surface area contributed by atoms with E-state index in [1.54, 1.807) is 6.08 Å². The zero-order chi connectivity index (χ0) is 19.3. The topological polar surface area (TPSA) is 42.7 Å². The van der Waals surface area contributed by atoms with Crippen molar-refractivity contribution in [1.29, 1.82) is 0 Å². The van der Waals surface area contributed by atoms with E-state index in [2.05, 4.69) is 4.90 Å². The van der Waals surface area contributed by atoms with Crippen LogP contribution in [-0.2, 0) is 4.74 Å². The largest absolute Gasteiger partial charge is 0.457 e. The molecule has 4 nitrogen and oxygen atoms in total. The molecule has 1 saturated heterocycles. The Bertz CT molecular complexity index is 1000. The Morgan fingerprint density at radius 3 is 2.64 bits per heavy atom. The Morgan fingerprint density at radius 1 is 1.00 bits per heavy atom. The smallest absolute Gasteiger partial charge is 0.186 e. The minimum Gasteiger partial charge on any atom is -0.457 e. The first kappa shape index (κ1) is 18.5. The molecule has 1 aromatic heterocycles. The van der Waals surface area contributed by atoms with Gasteiger partial charge in [-0.3, -0.25) is 4.79 Å². The van der Waals surface area contributed by atoms with Gasteiger partial charge in [0.15, 0.2) is 5.78 Å². The van der Waals surface area contributed by atoms with Crippen LogP contribution in [-0.4, -0.2) is 32.1 Å². The number of carbonyl (C=O) groups excluding carboxylic acids is 1. The van der Waals surface area contributed by atoms with Gasteiger partial charge < -0.3 is 14.1 Å². The standard InChI is InChI=1S/C23H20ClNO3/c24-21-7-2-1-6-20(21)23-11-9-19(28-23)8-10-22(26)17-4-3-5-18(16-17)25-12-14-27-15-13-25/h1-11,16H,12-15H2/b10-8-. The Morgan fingerprint density at radius 2 is 1.82 bits per heavy atom. The molecular formula is C23H20ClNO3. The molecule has 0 spiro atoms. The number of furan rings is 1. The summed E-state index contributed by atoms with van der Waals surface area (Å²) in [6.07, 6.45) is 3.22.